The largest absolute Gasteiger partial charge is 0.309 e. The summed E-state index contributed by atoms with van der Waals surface area (Å²) < 4.78 is 14.2. The Labute approximate surface area is 112 Å². The third kappa shape index (κ3) is 2.90. The van der Waals surface area contributed by atoms with E-state index < -0.39 is 0 Å². The van der Waals surface area contributed by atoms with Crippen molar-refractivity contribution in [2.24, 2.45) is 5.92 Å². The Balaban J connectivity index is 2.32. The van der Waals surface area contributed by atoms with Crippen molar-refractivity contribution in [3.05, 3.63) is 35.0 Å². The monoisotopic (exact) mass is 265 g/mol. The second-order valence-corrected chi connectivity index (χ2v) is 6.12. The van der Waals surface area contributed by atoms with Gasteiger partial charge in [0.2, 0.25) is 0 Å². The van der Waals surface area contributed by atoms with Crippen LogP contribution in [0.5, 0.6) is 0 Å². The third-order valence-corrected chi connectivity index (χ3v) is 4.27. The molecule has 0 radical (unpaired) electrons. The lowest BCUT2D eigenvalue weighted by Gasteiger charge is -2.20. The van der Waals surface area contributed by atoms with Gasteiger partial charge in [-0.1, -0.05) is 26.8 Å². The highest BCUT2D eigenvalue weighted by atomic mass is 32.1. The first-order valence-corrected chi connectivity index (χ1v) is 7.36. The molecular formula is C15H20FNS. The molecule has 0 saturated carbocycles. The summed E-state index contributed by atoms with van der Waals surface area (Å²) in [6, 6.07) is 7.57. The molecule has 1 aromatic heterocycles. The van der Waals surface area contributed by atoms with Crippen LogP contribution in [0.3, 0.4) is 0 Å². The lowest BCUT2D eigenvalue weighted by atomic mass is 10.0. The van der Waals surface area contributed by atoms with E-state index in [4.69, 9.17) is 0 Å². The third-order valence-electron chi connectivity index (χ3n) is 3.09. The van der Waals surface area contributed by atoms with Crippen molar-refractivity contribution in [3.63, 3.8) is 0 Å². The quantitative estimate of drug-likeness (QED) is 0.823. The van der Waals surface area contributed by atoms with Gasteiger partial charge in [-0.3, -0.25) is 0 Å². The van der Waals surface area contributed by atoms with Crippen LogP contribution in [-0.4, -0.2) is 6.54 Å². The first kappa shape index (κ1) is 13.5. The summed E-state index contributed by atoms with van der Waals surface area (Å²) in [5.74, 6) is 0.382. The number of halogens is 1. The number of benzene rings is 1. The van der Waals surface area contributed by atoms with E-state index in [1.54, 1.807) is 17.4 Å². The molecule has 0 aliphatic rings. The summed E-state index contributed by atoms with van der Waals surface area (Å²) in [5, 5.41) is 4.72. The van der Waals surface area contributed by atoms with Crippen molar-refractivity contribution in [1.29, 1.82) is 0 Å². The average Bonchev–Trinajstić information content (AvgIpc) is 2.71. The highest BCUT2D eigenvalue weighted by molar-refractivity contribution is 7.19. The van der Waals surface area contributed by atoms with Crippen molar-refractivity contribution in [1.82, 2.24) is 5.32 Å². The molecule has 98 valence electrons. The SMILES string of the molecule is CCCNC(c1cc2ccc(F)cc2s1)C(C)C. The number of nitrogens with one attached hydrogen (secondary N) is 1. The van der Waals surface area contributed by atoms with Crippen LogP contribution < -0.4 is 5.32 Å². The molecule has 0 amide bonds. The van der Waals surface area contributed by atoms with Gasteiger partial charge in [0.05, 0.1) is 0 Å². The van der Waals surface area contributed by atoms with Crippen LogP contribution >= 0.6 is 11.3 Å². The van der Waals surface area contributed by atoms with Gasteiger partial charge < -0.3 is 5.32 Å². The molecule has 0 bridgehead atoms. The maximum absolute atomic E-state index is 13.2. The molecular weight excluding hydrogens is 245 g/mol. The zero-order valence-electron chi connectivity index (χ0n) is 11.2. The number of fused-ring (bicyclic) bond motifs is 1. The Morgan fingerprint density at radius 1 is 1.28 bits per heavy atom. The molecule has 2 aromatic rings. The molecule has 1 unspecified atom stereocenters. The smallest absolute Gasteiger partial charge is 0.124 e. The highest BCUT2D eigenvalue weighted by Crippen LogP contribution is 2.33. The molecule has 1 heterocycles. The van der Waals surface area contributed by atoms with E-state index in [2.05, 4.69) is 32.2 Å². The van der Waals surface area contributed by atoms with Crippen LogP contribution in [0.15, 0.2) is 24.3 Å². The van der Waals surface area contributed by atoms with Crippen LogP contribution in [-0.2, 0) is 0 Å². The molecule has 3 heteroatoms. The van der Waals surface area contributed by atoms with E-state index in [9.17, 15) is 4.39 Å². The van der Waals surface area contributed by atoms with Crippen LogP contribution in [0.2, 0.25) is 0 Å². The minimum absolute atomic E-state index is 0.154. The van der Waals surface area contributed by atoms with Crippen molar-refractivity contribution < 1.29 is 4.39 Å². The zero-order chi connectivity index (χ0) is 13.1. The summed E-state index contributed by atoms with van der Waals surface area (Å²) in [6.45, 7) is 7.63. The molecule has 0 aliphatic heterocycles. The summed E-state index contributed by atoms with van der Waals surface area (Å²) in [5.41, 5.74) is 0. The molecule has 1 atom stereocenters. The molecule has 0 spiro atoms. The Bertz CT molecular complexity index is 518. The molecule has 18 heavy (non-hydrogen) atoms. The van der Waals surface area contributed by atoms with Gasteiger partial charge in [0.25, 0.3) is 0 Å². The van der Waals surface area contributed by atoms with Crippen molar-refractivity contribution in [2.45, 2.75) is 33.2 Å². The van der Waals surface area contributed by atoms with Gasteiger partial charge in [0.1, 0.15) is 5.82 Å². The Kier molecular flexibility index (Phi) is 4.36. The molecule has 0 saturated heterocycles. The predicted octanol–water partition coefficient (Wildman–Crippen LogP) is 4.74. The summed E-state index contributed by atoms with van der Waals surface area (Å²) in [4.78, 5) is 1.30. The van der Waals surface area contributed by atoms with Crippen molar-refractivity contribution in [2.75, 3.05) is 6.54 Å². The van der Waals surface area contributed by atoms with Gasteiger partial charge in [-0.05, 0) is 42.5 Å². The van der Waals surface area contributed by atoms with Crippen molar-refractivity contribution >= 4 is 21.4 Å². The molecule has 1 N–H and O–H groups in total. The summed E-state index contributed by atoms with van der Waals surface area (Å²) in [6.07, 6.45) is 1.13. The van der Waals surface area contributed by atoms with Gasteiger partial charge >= 0.3 is 0 Å². The van der Waals surface area contributed by atoms with Crippen LogP contribution in [0.4, 0.5) is 4.39 Å². The minimum atomic E-state index is -0.154. The van der Waals surface area contributed by atoms with E-state index in [-0.39, 0.29) is 5.82 Å². The maximum Gasteiger partial charge on any atom is 0.124 e. The van der Waals surface area contributed by atoms with Gasteiger partial charge in [0, 0.05) is 15.6 Å². The Hall–Kier alpha value is -0.930. The normalized spacial score (nSPS) is 13.4. The van der Waals surface area contributed by atoms with E-state index in [0.717, 1.165) is 23.1 Å². The number of rotatable bonds is 5. The van der Waals surface area contributed by atoms with E-state index in [1.165, 1.54) is 10.9 Å². The summed E-state index contributed by atoms with van der Waals surface area (Å²) >= 11 is 1.70. The Morgan fingerprint density at radius 3 is 2.72 bits per heavy atom. The molecule has 0 aliphatic carbocycles. The van der Waals surface area contributed by atoms with E-state index in [1.807, 2.05) is 6.07 Å². The van der Waals surface area contributed by atoms with Crippen LogP contribution in [0, 0.1) is 11.7 Å². The average molecular weight is 265 g/mol. The standard InChI is InChI=1S/C15H20FNS/c1-4-7-17-15(10(2)3)14-8-11-5-6-12(16)9-13(11)18-14/h5-6,8-10,15,17H,4,7H2,1-3H3. The minimum Gasteiger partial charge on any atom is -0.309 e. The second-order valence-electron chi connectivity index (χ2n) is 5.01. The first-order chi connectivity index (χ1) is 8.61. The lowest BCUT2D eigenvalue weighted by molar-refractivity contribution is 0.419. The van der Waals surface area contributed by atoms with E-state index >= 15 is 0 Å². The molecule has 2 rings (SSSR count). The molecule has 0 fully saturated rings. The van der Waals surface area contributed by atoms with Crippen molar-refractivity contribution in [3.8, 4) is 0 Å². The number of hydrogen-bond acceptors (Lipinski definition) is 2. The topological polar surface area (TPSA) is 12.0 Å². The van der Waals surface area contributed by atoms with E-state index in [0.29, 0.717) is 12.0 Å². The Morgan fingerprint density at radius 2 is 2.06 bits per heavy atom. The number of hydrogen-bond donors (Lipinski definition) is 1. The van der Waals surface area contributed by atoms with Crippen LogP contribution in [0.1, 0.15) is 38.1 Å². The number of thiophene rings is 1. The fourth-order valence-electron chi connectivity index (χ4n) is 2.14. The summed E-state index contributed by atoms with van der Waals surface area (Å²) in [7, 11) is 0. The molecule has 1 aromatic carbocycles. The highest BCUT2D eigenvalue weighted by Gasteiger charge is 2.17. The maximum atomic E-state index is 13.2. The molecule has 1 nitrogen and oxygen atoms in total. The predicted molar refractivity (Wildman–Crippen MR) is 77.7 cm³/mol. The van der Waals surface area contributed by atoms with Gasteiger partial charge in [-0.2, -0.15) is 0 Å². The lowest BCUT2D eigenvalue weighted by Crippen LogP contribution is -2.25. The van der Waals surface area contributed by atoms with Gasteiger partial charge in [0.15, 0.2) is 0 Å². The van der Waals surface area contributed by atoms with Gasteiger partial charge in [-0.15, -0.1) is 11.3 Å². The van der Waals surface area contributed by atoms with Crippen LogP contribution in [0.25, 0.3) is 10.1 Å². The fourth-order valence-corrected chi connectivity index (χ4v) is 3.48. The zero-order valence-corrected chi connectivity index (χ0v) is 12.0. The van der Waals surface area contributed by atoms with Gasteiger partial charge in [-0.25, -0.2) is 4.39 Å². The fraction of sp³-hybridized carbons (Fsp3) is 0.467. The first-order valence-electron chi connectivity index (χ1n) is 6.54. The second kappa shape index (κ2) is 5.81.